The van der Waals surface area contributed by atoms with Gasteiger partial charge in [0.05, 0.1) is 16.7 Å². The molecule has 14 heavy (non-hydrogen) atoms. The second kappa shape index (κ2) is 3.83. The van der Waals surface area contributed by atoms with Gasteiger partial charge in [-0.3, -0.25) is 4.98 Å². The van der Waals surface area contributed by atoms with Crippen molar-refractivity contribution in [1.29, 1.82) is 0 Å². The Morgan fingerprint density at radius 3 is 2.86 bits per heavy atom. The third kappa shape index (κ3) is 1.69. The van der Waals surface area contributed by atoms with Crippen LogP contribution in [0.15, 0.2) is 35.6 Å². The summed E-state index contributed by atoms with van der Waals surface area (Å²) in [6, 6.07) is 7.65. The minimum atomic E-state index is 0.494. The molecule has 0 fully saturated rings. The van der Waals surface area contributed by atoms with Crippen LogP contribution in [0.1, 0.15) is 5.69 Å². The van der Waals surface area contributed by atoms with Crippen molar-refractivity contribution in [2.45, 2.75) is 6.42 Å². The van der Waals surface area contributed by atoms with Crippen molar-refractivity contribution in [3.8, 4) is 0 Å². The van der Waals surface area contributed by atoms with Crippen molar-refractivity contribution >= 4 is 17.2 Å². The number of nitrogens with zero attached hydrogens (tertiary/aromatic N) is 3. The summed E-state index contributed by atoms with van der Waals surface area (Å²) in [6.07, 6.45) is 3.57. The van der Waals surface area contributed by atoms with E-state index >= 15 is 0 Å². The lowest BCUT2D eigenvalue weighted by Gasteiger charge is -1.98. The number of hydrogen-bond acceptors (Lipinski definition) is 4. The first-order chi connectivity index (χ1) is 6.90. The van der Waals surface area contributed by atoms with Crippen LogP contribution in [-0.2, 0) is 6.42 Å². The van der Waals surface area contributed by atoms with E-state index in [1.54, 1.807) is 6.20 Å². The minimum absolute atomic E-state index is 0.494. The van der Waals surface area contributed by atoms with E-state index < -0.39 is 0 Å². The summed E-state index contributed by atoms with van der Waals surface area (Å²) in [4.78, 5) is 8.58. The highest BCUT2D eigenvalue weighted by atomic mass is 16.4. The second-order valence-corrected chi connectivity index (χ2v) is 2.85. The molecule has 70 valence electrons. The van der Waals surface area contributed by atoms with Crippen molar-refractivity contribution < 1.29 is 5.21 Å². The molecule has 0 radical (unpaired) electrons. The predicted molar refractivity (Wildman–Crippen MR) is 53.5 cm³/mol. The number of benzene rings is 1. The Morgan fingerprint density at radius 1 is 1.29 bits per heavy atom. The number of para-hydroxylation sites is 2. The number of oxime groups is 1. The fraction of sp³-hybridized carbons (Fsp3) is 0.100. The summed E-state index contributed by atoms with van der Waals surface area (Å²) in [6.45, 7) is 0. The quantitative estimate of drug-likeness (QED) is 0.441. The Labute approximate surface area is 80.9 Å². The predicted octanol–water partition coefficient (Wildman–Crippen LogP) is 1.63. The van der Waals surface area contributed by atoms with Crippen LogP contribution in [0, 0.1) is 0 Å². The molecular formula is C10H9N3O. The number of hydrogen-bond donors (Lipinski definition) is 1. The van der Waals surface area contributed by atoms with Gasteiger partial charge in [0.2, 0.25) is 0 Å². The first-order valence-electron chi connectivity index (χ1n) is 4.27. The molecule has 0 amide bonds. The average molecular weight is 187 g/mol. The molecule has 0 unspecified atom stereocenters. The monoisotopic (exact) mass is 187 g/mol. The van der Waals surface area contributed by atoms with E-state index in [-0.39, 0.29) is 0 Å². The molecule has 0 aliphatic rings. The minimum Gasteiger partial charge on any atom is -0.411 e. The van der Waals surface area contributed by atoms with Crippen molar-refractivity contribution in [2.24, 2.45) is 5.16 Å². The third-order valence-electron chi connectivity index (χ3n) is 1.88. The van der Waals surface area contributed by atoms with E-state index in [0.29, 0.717) is 6.42 Å². The molecule has 2 rings (SSSR count). The summed E-state index contributed by atoms with van der Waals surface area (Å²) in [5, 5.41) is 11.2. The van der Waals surface area contributed by atoms with Gasteiger partial charge < -0.3 is 5.21 Å². The van der Waals surface area contributed by atoms with Crippen LogP contribution in [0.5, 0.6) is 0 Å². The largest absolute Gasteiger partial charge is 0.411 e. The van der Waals surface area contributed by atoms with Crippen LogP contribution >= 0.6 is 0 Å². The normalized spacial score (nSPS) is 11.1. The zero-order valence-corrected chi connectivity index (χ0v) is 7.46. The number of fused-ring (bicyclic) bond motifs is 1. The third-order valence-corrected chi connectivity index (χ3v) is 1.88. The Balaban J connectivity index is 2.41. The first-order valence-corrected chi connectivity index (χ1v) is 4.27. The Bertz CT molecular complexity index is 468. The van der Waals surface area contributed by atoms with Gasteiger partial charge in [-0.2, -0.15) is 0 Å². The maximum atomic E-state index is 8.26. The molecule has 1 N–H and O–H groups in total. The lowest BCUT2D eigenvalue weighted by Crippen LogP contribution is -1.93. The fourth-order valence-electron chi connectivity index (χ4n) is 1.23. The van der Waals surface area contributed by atoms with Gasteiger partial charge in [0.15, 0.2) is 0 Å². The first kappa shape index (κ1) is 8.62. The van der Waals surface area contributed by atoms with Crippen LogP contribution in [0.2, 0.25) is 0 Å². The maximum Gasteiger partial charge on any atom is 0.0890 e. The molecule has 4 heteroatoms. The zero-order valence-electron chi connectivity index (χ0n) is 7.46. The standard InChI is InChI=1S/C10H9N3O/c14-12-6-5-8-7-11-9-3-1-2-4-10(9)13-8/h1-4,6-7,14H,5H2/b12-6-. The van der Waals surface area contributed by atoms with E-state index in [9.17, 15) is 0 Å². The van der Waals surface area contributed by atoms with Gasteiger partial charge in [-0.1, -0.05) is 12.1 Å². The van der Waals surface area contributed by atoms with Crippen molar-refractivity contribution in [1.82, 2.24) is 9.97 Å². The van der Waals surface area contributed by atoms with Gasteiger partial charge in [0, 0.05) is 18.8 Å². The van der Waals surface area contributed by atoms with Crippen molar-refractivity contribution in [3.63, 3.8) is 0 Å². The number of aromatic nitrogens is 2. The lowest BCUT2D eigenvalue weighted by molar-refractivity contribution is 0.320. The van der Waals surface area contributed by atoms with Crippen LogP contribution in [0.4, 0.5) is 0 Å². The molecule has 0 aliphatic heterocycles. The van der Waals surface area contributed by atoms with Crippen molar-refractivity contribution in [2.75, 3.05) is 0 Å². The molecule has 0 saturated heterocycles. The molecule has 0 spiro atoms. The van der Waals surface area contributed by atoms with Gasteiger partial charge in [-0.05, 0) is 12.1 Å². The van der Waals surface area contributed by atoms with E-state index in [1.807, 2.05) is 24.3 Å². The molecule has 4 nitrogen and oxygen atoms in total. The molecule has 0 saturated carbocycles. The topological polar surface area (TPSA) is 58.4 Å². The van der Waals surface area contributed by atoms with Crippen molar-refractivity contribution in [3.05, 3.63) is 36.2 Å². The van der Waals surface area contributed by atoms with Crippen LogP contribution in [0.25, 0.3) is 11.0 Å². The molecular weight excluding hydrogens is 178 g/mol. The van der Waals surface area contributed by atoms with Gasteiger partial charge in [-0.25, -0.2) is 4.98 Å². The van der Waals surface area contributed by atoms with E-state index in [0.717, 1.165) is 16.7 Å². The highest BCUT2D eigenvalue weighted by molar-refractivity contribution is 5.74. The van der Waals surface area contributed by atoms with E-state index in [4.69, 9.17) is 5.21 Å². The van der Waals surface area contributed by atoms with E-state index in [1.165, 1.54) is 6.21 Å². The number of rotatable bonds is 2. The summed E-state index contributed by atoms with van der Waals surface area (Å²) in [7, 11) is 0. The van der Waals surface area contributed by atoms with Crippen LogP contribution in [-0.4, -0.2) is 21.4 Å². The average Bonchev–Trinajstić information content (AvgIpc) is 2.26. The van der Waals surface area contributed by atoms with E-state index in [2.05, 4.69) is 15.1 Å². The highest BCUT2D eigenvalue weighted by Crippen LogP contribution is 2.08. The molecule has 1 aromatic heterocycles. The van der Waals surface area contributed by atoms with Crippen LogP contribution < -0.4 is 0 Å². The van der Waals surface area contributed by atoms with Gasteiger partial charge in [0.1, 0.15) is 0 Å². The summed E-state index contributed by atoms with van der Waals surface area (Å²) in [5.41, 5.74) is 2.52. The summed E-state index contributed by atoms with van der Waals surface area (Å²) >= 11 is 0. The van der Waals surface area contributed by atoms with Crippen LogP contribution in [0.3, 0.4) is 0 Å². The molecule has 2 aromatic rings. The maximum absolute atomic E-state index is 8.26. The van der Waals surface area contributed by atoms with Gasteiger partial charge >= 0.3 is 0 Å². The SMILES string of the molecule is O/N=C\Cc1cnc2ccccc2n1. The molecule has 0 atom stereocenters. The summed E-state index contributed by atoms with van der Waals surface area (Å²) < 4.78 is 0. The molecule has 1 aromatic carbocycles. The second-order valence-electron chi connectivity index (χ2n) is 2.85. The zero-order chi connectivity index (χ0) is 9.80. The molecule has 0 aliphatic carbocycles. The Hall–Kier alpha value is -1.97. The molecule has 0 bridgehead atoms. The van der Waals surface area contributed by atoms with Gasteiger partial charge in [0.25, 0.3) is 0 Å². The highest BCUT2D eigenvalue weighted by Gasteiger charge is 1.97. The smallest absolute Gasteiger partial charge is 0.0890 e. The van der Waals surface area contributed by atoms with Gasteiger partial charge in [-0.15, -0.1) is 5.16 Å². The Morgan fingerprint density at radius 2 is 2.07 bits per heavy atom. The Kier molecular flexibility index (Phi) is 2.36. The molecule has 1 heterocycles. The lowest BCUT2D eigenvalue weighted by atomic mass is 10.3. The fourth-order valence-corrected chi connectivity index (χ4v) is 1.23. The summed E-state index contributed by atoms with van der Waals surface area (Å²) in [5.74, 6) is 0.